The normalized spacial score (nSPS) is 15.3. The minimum absolute atomic E-state index is 0.0122. The van der Waals surface area contributed by atoms with Gasteiger partial charge in [0.05, 0.1) is 10.0 Å². The average Bonchev–Trinajstić information content (AvgIpc) is 3.20. The molecule has 4 rings (SSSR count). The average molecular weight is 461 g/mol. The van der Waals surface area contributed by atoms with Crippen LogP contribution in [-0.2, 0) is 11.3 Å². The van der Waals surface area contributed by atoms with Gasteiger partial charge in [-0.1, -0.05) is 70.4 Å². The van der Waals surface area contributed by atoms with Crippen molar-refractivity contribution >= 4 is 45.6 Å². The first-order chi connectivity index (χ1) is 14.5. The molecule has 1 fully saturated rings. The molecular weight excluding hydrogens is 439 g/mol. The van der Waals surface area contributed by atoms with Gasteiger partial charge in [-0.15, -0.1) is 10.2 Å². The third-order valence-corrected chi connectivity index (χ3v) is 6.93. The van der Waals surface area contributed by atoms with Gasteiger partial charge in [0.2, 0.25) is 11.0 Å². The molecule has 1 saturated heterocycles. The van der Waals surface area contributed by atoms with E-state index in [-0.39, 0.29) is 11.8 Å². The van der Waals surface area contributed by atoms with E-state index < -0.39 is 0 Å². The summed E-state index contributed by atoms with van der Waals surface area (Å²) in [7, 11) is 0. The number of likely N-dealkylation sites (tertiary alicyclic amines) is 1. The summed E-state index contributed by atoms with van der Waals surface area (Å²) in [6.07, 6.45) is 1.63. The van der Waals surface area contributed by atoms with Crippen molar-refractivity contribution in [3.05, 3.63) is 63.6 Å². The Labute approximate surface area is 190 Å². The zero-order valence-electron chi connectivity index (χ0n) is 16.6. The molecule has 5 nitrogen and oxygen atoms in total. The van der Waals surface area contributed by atoms with Gasteiger partial charge in [-0.25, -0.2) is 0 Å². The largest absolute Gasteiger partial charge is 0.300 e. The van der Waals surface area contributed by atoms with Gasteiger partial charge in [0, 0.05) is 18.0 Å². The molecule has 0 radical (unpaired) electrons. The van der Waals surface area contributed by atoms with Crippen LogP contribution in [0, 0.1) is 12.8 Å². The number of hydrogen-bond acceptors (Lipinski definition) is 5. The van der Waals surface area contributed by atoms with E-state index >= 15 is 0 Å². The lowest BCUT2D eigenvalue weighted by molar-refractivity contribution is -0.121. The van der Waals surface area contributed by atoms with Crippen LogP contribution < -0.4 is 5.32 Å². The van der Waals surface area contributed by atoms with E-state index in [1.165, 1.54) is 16.9 Å². The molecule has 0 saturated carbocycles. The van der Waals surface area contributed by atoms with Gasteiger partial charge in [-0.05, 0) is 50.6 Å². The van der Waals surface area contributed by atoms with Crippen molar-refractivity contribution in [2.45, 2.75) is 26.3 Å². The smallest absolute Gasteiger partial charge is 0.229 e. The Morgan fingerprint density at radius 3 is 2.53 bits per heavy atom. The Morgan fingerprint density at radius 2 is 1.83 bits per heavy atom. The van der Waals surface area contributed by atoms with Crippen molar-refractivity contribution in [2.24, 2.45) is 5.92 Å². The minimum atomic E-state index is -0.0122. The van der Waals surface area contributed by atoms with E-state index in [4.69, 9.17) is 23.2 Å². The van der Waals surface area contributed by atoms with Crippen LogP contribution >= 0.6 is 34.5 Å². The third kappa shape index (κ3) is 5.19. The number of amides is 1. The van der Waals surface area contributed by atoms with Crippen molar-refractivity contribution in [3.63, 3.8) is 0 Å². The SMILES string of the molecule is Cc1ccc(-c2nnc(NC(=O)C3CCN(Cc4ccc(Cl)c(Cl)c4)CC3)s2)cc1. The summed E-state index contributed by atoms with van der Waals surface area (Å²) in [5.41, 5.74) is 3.33. The van der Waals surface area contributed by atoms with Gasteiger partial charge >= 0.3 is 0 Å². The number of halogens is 2. The molecule has 30 heavy (non-hydrogen) atoms. The van der Waals surface area contributed by atoms with Crippen molar-refractivity contribution in [1.29, 1.82) is 0 Å². The monoisotopic (exact) mass is 460 g/mol. The number of rotatable bonds is 5. The van der Waals surface area contributed by atoms with Crippen LogP contribution in [0.1, 0.15) is 24.0 Å². The maximum Gasteiger partial charge on any atom is 0.229 e. The Hall–Kier alpha value is -1.99. The number of carbonyl (C=O) groups excluding carboxylic acids is 1. The van der Waals surface area contributed by atoms with E-state index in [2.05, 4.69) is 20.4 Å². The number of nitrogens with zero attached hydrogens (tertiary/aromatic N) is 3. The first kappa shape index (κ1) is 21.2. The fraction of sp³-hybridized carbons (Fsp3) is 0.318. The van der Waals surface area contributed by atoms with E-state index in [0.717, 1.165) is 48.6 Å². The molecule has 1 aliphatic heterocycles. The second-order valence-corrected chi connectivity index (χ2v) is 9.36. The van der Waals surface area contributed by atoms with E-state index in [1.807, 2.05) is 49.4 Å². The summed E-state index contributed by atoms with van der Waals surface area (Å²) in [6.45, 7) is 4.58. The van der Waals surface area contributed by atoms with E-state index in [1.54, 1.807) is 0 Å². The Balaban J connectivity index is 1.29. The molecule has 1 amide bonds. The van der Waals surface area contributed by atoms with Crippen LogP contribution in [0.15, 0.2) is 42.5 Å². The molecule has 0 aliphatic carbocycles. The summed E-state index contributed by atoms with van der Waals surface area (Å²) < 4.78 is 0. The summed E-state index contributed by atoms with van der Waals surface area (Å²) in [5, 5.41) is 13.8. The number of benzene rings is 2. The highest BCUT2D eigenvalue weighted by molar-refractivity contribution is 7.18. The molecule has 0 atom stereocenters. The minimum Gasteiger partial charge on any atom is -0.300 e. The van der Waals surface area contributed by atoms with Crippen LogP contribution in [0.25, 0.3) is 10.6 Å². The highest BCUT2D eigenvalue weighted by Gasteiger charge is 2.26. The molecule has 1 aromatic heterocycles. The highest BCUT2D eigenvalue weighted by atomic mass is 35.5. The van der Waals surface area contributed by atoms with Crippen LogP contribution in [0.5, 0.6) is 0 Å². The molecule has 0 bridgehead atoms. The number of hydrogen-bond donors (Lipinski definition) is 1. The molecule has 2 aromatic carbocycles. The standard InChI is InChI=1S/C22H22Cl2N4OS/c1-14-2-5-17(6-3-14)21-26-27-22(30-21)25-20(29)16-8-10-28(11-9-16)13-15-4-7-18(23)19(24)12-15/h2-7,12,16H,8-11,13H2,1H3,(H,25,27,29). The van der Waals surface area contributed by atoms with Crippen molar-refractivity contribution < 1.29 is 4.79 Å². The Bertz CT molecular complexity index is 1030. The first-order valence-electron chi connectivity index (χ1n) is 9.85. The number of aryl methyl sites for hydroxylation is 1. The van der Waals surface area contributed by atoms with Crippen LogP contribution in [-0.4, -0.2) is 34.1 Å². The van der Waals surface area contributed by atoms with Gasteiger partial charge in [-0.2, -0.15) is 0 Å². The molecule has 0 unspecified atom stereocenters. The predicted molar refractivity (Wildman–Crippen MR) is 123 cm³/mol. The molecule has 156 valence electrons. The van der Waals surface area contributed by atoms with E-state index in [0.29, 0.717) is 15.2 Å². The summed E-state index contributed by atoms with van der Waals surface area (Å²) in [6, 6.07) is 13.8. The van der Waals surface area contributed by atoms with Gasteiger partial charge < -0.3 is 5.32 Å². The quantitative estimate of drug-likeness (QED) is 0.532. The second-order valence-electron chi connectivity index (χ2n) is 7.57. The van der Waals surface area contributed by atoms with Crippen molar-refractivity contribution in [2.75, 3.05) is 18.4 Å². The van der Waals surface area contributed by atoms with Crippen molar-refractivity contribution in [3.8, 4) is 10.6 Å². The van der Waals surface area contributed by atoms with E-state index in [9.17, 15) is 4.79 Å². The number of carbonyl (C=O) groups is 1. The fourth-order valence-electron chi connectivity index (χ4n) is 3.54. The topological polar surface area (TPSA) is 58.1 Å². The lowest BCUT2D eigenvalue weighted by atomic mass is 9.95. The summed E-state index contributed by atoms with van der Waals surface area (Å²) >= 11 is 13.5. The molecule has 1 N–H and O–H groups in total. The Kier molecular flexibility index (Phi) is 6.68. The number of anilines is 1. The van der Waals surface area contributed by atoms with Gasteiger partial charge in [0.15, 0.2) is 0 Å². The molecule has 3 aromatic rings. The number of nitrogens with one attached hydrogen (secondary N) is 1. The van der Waals surface area contributed by atoms with Gasteiger partial charge in [-0.3, -0.25) is 9.69 Å². The zero-order chi connectivity index (χ0) is 21.1. The zero-order valence-corrected chi connectivity index (χ0v) is 18.9. The fourth-order valence-corrected chi connectivity index (χ4v) is 4.62. The Morgan fingerprint density at radius 1 is 1.10 bits per heavy atom. The lowest BCUT2D eigenvalue weighted by Gasteiger charge is -2.31. The highest BCUT2D eigenvalue weighted by Crippen LogP contribution is 2.28. The van der Waals surface area contributed by atoms with Gasteiger partial charge in [0.25, 0.3) is 0 Å². The lowest BCUT2D eigenvalue weighted by Crippen LogP contribution is -2.37. The molecule has 1 aliphatic rings. The van der Waals surface area contributed by atoms with Crippen LogP contribution in [0.4, 0.5) is 5.13 Å². The number of piperidine rings is 1. The molecular formula is C22H22Cl2N4OS. The van der Waals surface area contributed by atoms with Gasteiger partial charge in [0.1, 0.15) is 5.01 Å². The first-order valence-corrected chi connectivity index (χ1v) is 11.4. The van der Waals surface area contributed by atoms with Crippen molar-refractivity contribution in [1.82, 2.24) is 15.1 Å². The summed E-state index contributed by atoms with van der Waals surface area (Å²) in [4.78, 5) is 15.0. The summed E-state index contributed by atoms with van der Waals surface area (Å²) in [5.74, 6) is 0.0116. The van der Waals surface area contributed by atoms with Crippen LogP contribution in [0.2, 0.25) is 10.0 Å². The predicted octanol–water partition coefficient (Wildman–Crippen LogP) is 5.67. The number of aromatic nitrogens is 2. The third-order valence-electron chi connectivity index (χ3n) is 5.30. The molecule has 8 heteroatoms. The molecule has 0 spiro atoms. The maximum atomic E-state index is 12.7. The second kappa shape index (κ2) is 9.43. The molecule has 2 heterocycles. The maximum absolute atomic E-state index is 12.7. The van der Waals surface area contributed by atoms with Crippen LogP contribution in [0.3, 0.4) is 0 Å².